The summed E-state index contributed by atoms with van der Waals surface area (Å²) in [7, 11) is 0. The van der Waals surface area contributed by atoms with Crippen molar-refractivity contribution in [3.05, 3.63) is 34.4 Å². The highest BCUT2D eigenvalue weighted by Gasteiger charge is 2.39. The van der Waals surface area contributed by atoms with Crippen molar-refractivity contribution in [1.82, 2.24) is 10.2 Å². The third kappa shape index (κ3) is 1.88. The summed E-state index contributed by atoms with van der Waals surface area (Å²) in [4.78, 5) is 14.7. The largest absolute Gasteiger partial charge is 0.329 e. The lowest BCUT2D eigenvalue weighted by Crippen LogP contribution is -2.44. The number of nitrogens with one attached hydrogen (secondary N) is 1. The summed E-state index contributed by atoms with van der Waals surface area (Å²) < 4.78 is 0. The maximum Gasteiger partial charge on any atom is 0.255 e. The second-order valence-corrected chi connectivity index (χ2v) is 5.88. The Labute approximate surface area is 115 Å². The van der Waals surface area contributed by atoms with E-state index < -0.39 is 0 Å². The maximum atomic E-state index is 12.7. The molecule has 1 aromatic rings. The Morgan fingerprint density at radius 1 is 1.42 bits per heavy atom. The van der Waals surface area contributed by atoms with Crippen LogP contribution in [0.4, 0.5) is 0 Å². The zero-order chi connectivity index (χ0) is 13.6. The second kappa shape index (κ2) is 4.64. The molecule has 1 fully saturated rings. The van der Waals surface area contributed by atoms with Crippen LogP contribution in [0, 0.1) is 0 Å². The summed E-state index contributed by atoms with van der Waals surface area (Å²) in [5, 5.41) is 3.41. The van der Waals surface area contributed by atoms with Crippen molar-refractivity contribution in [2.24, 2.45) is 0 Å². The standard InChI is InChI=1S/C16H22N2O/c1-4-11-7-12(10(2)3)15-13(8-11)14-9-17-5-6-18(14)16(15)19/h7-8,10,14,17H,4-6,9H2,1-3H3/t14-/m0/s1. The van der Waals surface area contributed by atoms with Gasteiger partial charge in [-0.25, -0.2) is 0 Å². The fourth-order valence-electron chi connectivity index (χ4n) is 3.29. The zero-order valence-electron chi connectivity index (χ0n) is 12.0. The number of carbonyl (C=O) groups is 1. The van der Waals surface area contributed by atoms with Gasteiger partial charge in [-0.15, -0.1) is 0 Å². The van der Waals surface area contributed by atoms with Crippen LogP contribution in [0.5, 0.6) is 0 Å². The Morgan fingerprint density at radius 3 is 2.89 bits per heavy atom. The van der Waals surface area contributed by atoms with Gasteiger partial charge in [0.2, 0.25) is 0 Å². The van der Waals surface area contributed by atoms with Crippen molar-refractivity contribution in [3.8, 4) is 0 Å². The molecule has 1 atom stereocenters. The molecule has 19 heavy (non-hydrogen) atoms. The summed E-state index contributed by atoms with van der Waals surface area (Å²) in [6.07, 6.45) is 1.03. The van der Waals surface area contributed by atoms with Gasteiger partial charge in [0.15, 0.2) is 0 Å². The molecule has 0 radical (unpaired) electrons. The summed E-state index contributed by atoms with van der Waals surface area (Å²) in [6.45, 7) is 9.17. The monoisotopic (exact) mass is 258 g/mol. The zero-order valence-corrected chi connectivity index (χ0v) is 12.0. The van der Waals surface area contributed by atoms with Crippen LogP contribution < -0.4 is 5.32 Å². The molecule has 1 saturated heterocycles. The first kappa shape index (κ1) is 12.7. The Hall–Kier alpha value is -1.35. The Balaban J connectivity index is 2.17. The number of carbonyl (C=O) groups excluding carboxylic acids is 1. The van der Waals surface area contributed by atoms with Gasteiger partial charge in [0, 0.05) is 25.2 Å². The third-order valence-electron chi connectivity index (χ3n) is 4.37. The van der Waals surface area contributed by atoms with Crippen molar-refractivity contribution in [2.75, 3.05) is 19.6 Å². The third-order valence-corrected chi connectivity index (χ3v) is 4.37. The van der Waals surface area contributed by atoms with Crippen LogP contribution in [0.3, 0.4) is 0 Å². The van der Waals surface area contributed by atoms with Crippen LogP contribution in [0.25, 0.3) is 0 Å². The van der Waals surface area contributed by atoms with E-state index in [4.69, 9.17) is 0 Å². The second-order valence-electron chi connectivity index (χ2n) is 5.88. The smallest absolute Gasteiger partial charge is 0.255 e. The number of nitrogens with zero attached hydrogens (tertiary/aromatic N) is 1. The fraction of sp³-hybridized carbons (Fsp3) is 0.562. The minimum Gasteiger partial charge on any atom is -0.329 e. The molecule has 102 valence electrons. The van der Waals surface area contributed by atoms with Gasteiger partial charge in [0.25, 0.3) is 5.91 Å². The molecule has 1 amide bonds. The van der Waals surface area contributed by atoms with Crippen molar-refractivity contribution < 1.29 is 4.79 Å². The lowest BCUT2D eigenvalue weighted by Gasteiger charge is -2.30. The predicted octanol–water partition coefficient (Wildman–Crippen LogP) is 2.47. The van der Waals surface area contributed by atoms with E-state index in [1.807, 2.05) is 4.90 Å². The van der Waals surface area contributed by atoms with E-state index >= 15 is 0 Å². The lowest BCUT2D eigenvalue weighted by molar-refractivity contribution is 0.0690. The summed E-state index contributed by atoms with van der Waals surface area (Å²) in [5.41, 5.74) is 4.82. The van der Waals surface area contributed by atoms with E-state index in [2.05, 4.69) is 38.2 Å². The van der Waals surface area contributed by atoms with Gasteiger partial charge < -0.3 is 10.2 Å². The van der Waals surface area contributed by atoms with Gasteiger partial charge in [-0.3, -0.25) is 4.79 Å². The van der Waals surface area contributed by atoms with E-state index in [9.17, 15) is 4.79 Å². The average molecular weight is 258 g/mol. The highest BCUT2D eigenvalue weighted by molar-refractivity contribution is 6.01. The van der Waals surface area contributed by atoms with E-state index in [1.54, 1.807) is 0 Å². The van der Waals surface area contributed by atoms with Gasteiger partial charge in [-0.1, -0.05) is 32.9 Å². The molecule has 0 unspecified atom stereocenters. The number of rotatable bonds is 2. The number of aryl methyl sites for hydroxylation is 1. The number of fused-ring (bicyclic) bond motifs is 3. The molecule has 2 heterocycles. The molecule has 0 aliphatic carbocycles. The van der Waals surface area contributed by atoms with Crippen LogP contribution in [-0.2, 0) is 6.42 Å². The molecule has 3 nitrogen and oxygen atoms in total. The van der Waals surface area contributed by atoms with Gasteiger partial charge in [-0.2, -0.15) is 0 Å². The van der Waals surface area contributed by atoms with Crippen molar-refractivity contribution in [2.45, 2.75) is 39.2 Å². The number of benzene rings is 1. The highest BCUT2D eigenvalue weighted by atomic mass is 16.2. The number of hydrogen-bond donors (Lipinski definition) is 1. The van der Waals surface area contributed by atoms with Crippen LogP contribution >= 0.6 is 0 Å². The number of piperazine rings is 1. The van der Waals surface area contributed by atoms with Crippen molar-refractivity contribution in [1.29, 1.82) is 0 Å². The predicted molar refractivity (Wildman–Crippen MR) is 76.6 cm³/mol. The molecular formula is C16H22N2O. The fourth-order valence-corrected chi connectivity index (χ4v) is 3.29. The average Bonchev–Trinajstić information content (AvgIpc) is 2.72. The number of hydrogen-bond acceptors (Lipinski definition) is 2. The van der Waals surface area contributed by atoms with E-state index in [1.165, 1.54) is 16.7 Å². The van der Waals surface area contributed by atoms with Gasteiger partial charge in [-0.05, 0) is 29.0 Å². The van der Waals surface area contributed by atoms with Crippen molar-refractivity contribution in [3.63, 3.8) is 0 Å². The lowest BCUT2D eigenvalue weighted by atomic mass is 9.89. The van der Waals surface area contributed by atoms with Gasteiger partial charge in [0.1, 0.15) is 0 Å². The van der Waals surface area contributed by atoms with Crippen LogP contribution in [-0.4, -0.2) is 30.4 Å². The first-order valence-electron chi connectivity index (χ1n) is 7.31. The molecule has 2 aliphatic rings. The normalized spacial score (nSPS) is 21.8. The molecule has 0 saturated carbocycles. The quantitative estimate of drug-likeness (QED) is 0.884. The highest BCUT2D eigenvalue weighted by Crippen LogP contribution is 2.39. The topological polar surface area (TPSA) is 32.3 Å². The van der Waals surface area contributed by atoms with Gasteiger partial charge in [0.05, 0.1) is 6.04 Å². The SMILES string of the molecule is CCc1cc(C(C)C)c2c(c1)[C@@H]1CNCCN1C2=O. The molecule has 2 aliphatic heterocycles. The Bertz CT molecular complexity index is 522. The molecular weight excluding hydrogens is 236 g/mol. The molecule has 0 bridgehead atoms. The molecule has 1 N–H and O–H groups in total. The Morgan fingerprint density at radius 2 is 2.21 bits per heavy atom. The summed E-state index contributed by atoms with van der Waals surface area (Å²) in [6, 6.07) is 4.73. The maximum absolute atomic E-state index is 12.7. The molecule has 1 aromatic carbocycles. The summed E-state index contributed by atoms with van der Waals surface area (Å²) in [5.74, 6) is 0.645. The van der Waals surface area contributed by atoms with E-state index in [0.29, 0.717) is 5.92 Å². The minimum absolute atomic E-state index is 0.243. The summed E-state index contributed by atoms with van der Waals surface area (Å²) >= 11 is 0. The first-order chi connectivity index (χ1) is 9.13. The molecule has 0 spiro atoms. The van der Waals surface area contributed by atoms with Crippen LogP contribution in [0.2, 0.25) is 0 Å². The molecule has 3 rings (SSSR count). The molecule has 0 aromatic heterocycles. The van der Waals surface area contributed by atoms with E-state index in [-0.39, 0.29) is 11.9 Å². The minimum atomic E-state index is 0.243. The van der Waals surface area contributed by atoms with Crippen LogP contribution in [0.1, 0.15) is 59.8 Å². The first-order valence-corrected chi connectivity index (χ1v) is 7.31. The van der Waals surface area contributed by atoms with Crippen molar-refractivity contribution >= 4 is 5.91 Å². The molecule has 3 heteroatoms. The Kier molecular flexibility index (Phi) is 3.09. The number of amides is 1. The van der Waals surface area contributed by atoms with Crippen LogP contribution in [0.15, 0.2) is 12.1 Å². The van der Waals surface area contributed by atoms with E-state index in [0.717, 1.165) is 31.6 Å². The van der Waals surface area contributed by atoms with Gasteiger partial charge >= 0.3 is 0 Å².